The first kappa shape index (κ1) is 23.7. The summed E-state index contributed by atoms with van der Waals surface area (Å²) < 4.78 is 41.1. The number of hydrogen-bond donors (Lipinski definition) is 4. The normalized spacial score (nSPS) is 10.9. The quantitative estimate of drug-likeness (QED) is 0.163. The zero-order valence-electron chi connectivity index (χ0n) is 16.7. The monoisotopic (exact) mass is 454 g/mol. The number of benzene rings is 1. The lowest BCUT2D eigenvalue weighted by molar-refractivity contribution is -0.122. The van der Waals surface area contributed by atoms with Crippen LogP contribution < -0.4 is 27.1 Å². The molecule has 31 heavy (non-hydrogen) atoms. The second kappa shape index (κ2) is 10.4. The Hall–Kier alpha value is -3.61. The van der Waals surface area contributed by atoms with Gasteiger partial charge in [-0.2, -0.15) is 0 Å². The number of carbonyl (C=O) groups excluding carboxylic acids is 1. The van der Waals surface area contributed by atoms with Gasteiger partial charge < -0.3 is 26.2 Å². The van der Waals surface area contributed by atoms with Crippen LogP contribution in [-0.4, -0.2) is 38.0 Å². The molecule has 0 unspecified atom stereocenters. The molecule has 13 heteroatoms. The summed E-state index contributed by atoms with van der Waals surface area (Å²) in [4.78, 5) is 29.5. The van der Waals surface area contributed by atoms with E-state index >= 15 is 0 Å². The average Bonchev–Trinajstić information content (AvgIpc) is 2.68. The number of aryl methyl sites for hydroxylation is 1. The van der Waals surface area contributed by atoms with Gasteiger partial charge in [0.1, 0.15) is 24.7 Å². The summed E-state index contributed by atoms with van der Waals surface area (Å²) in [5.74, 6) is -1.69. The van der Waals surface area contributed by atoms with Crippen LogP contribution >= 0.6 is 0 Å². The SMILES string of the molecule is Cc1ccc(NS(=O)(=O)Cc2ccc(F)cc2)c(=O)n1CC(=O)NCCON=C(N)N. The fourth-order valence-electron chi connectivity index (χ4n) is 2.50. The number of amides is 1. The second-order valence-corrected chi connectivity index (χ2v) is 8.19. The minimum atomic E-state index is -3.94. The molecule has 0 radical (unpaired) electrons. The van der Waals surface area contributed by atoms with Crippen molar-refractivity contribution >= 4 is 27.6 Å². The molecule has 1 aromatic heterocycles. The third-order valence-corrected chi connectivity index (χ3v) is 5.16. The number of oxime groups is 1. The lowest BCUT2D eigenvalue weighted by Gasteiger charge is -2.13. The first-order valence-corrected chi connectivity index (χ1v) is 10.7. The van der Waals surface area contributed by atoms with Gasteiger partial charge in [0.15, 0.2) is 0 Å². The molecule has 0 bridgehead atoms. The lowest BCUT2D eigenvalue weighted by Crippen LogP contribution is -2.36. The maximum atomic E-state index is 13.0. The number of nitrogens with two attached hydrogens (primary N) is 2. The number of hydrogen-bond acceptors (Lipinski definition) is 6. The Morgan fingerprint density at radius 2 is 1.87 bits per heavy atom. The molecule has 0 spiro atoms. The zero-order valence-corrected chi connectivity index (χ0v) is 17.5. The molecule has 0 aliphatic heterocycles. The van der Waals surface area contributed by atoms with Crippen molar-refractivity contribution in [3.8, 4) is 0 Å². The van der Waals surface area contributed by atoms with Gasteiger partial charge in [-0.05, 0) is 41.9 Å². The Morgan fingerprint density at radius 1 is 1.19 bits per heavy atom. The number of sulfonamides is 1. The van der Waals surface area contributed by atoms with E-state index in [2.05, 4.69) is 15.2 Å². The molecule has 0 saturated carbocycles. The topological polar surface area (TPSA) is 171 Å². The van der Waals surface area contributed by atoms with Gasteiger partial charge in [-0.1, -0.05) is 12.1 Å². The molecule has 0 aliphatic carbocycles. The molecule has 168 valence electrons. The summed E-state index contributed by atoms with van der Waals surface area (Å²) in [6.07, 6.45) is 0. The van der Waals surface area contributed by atoms with Gasteiger partial charge in [0, 0.05) is 5.69 Å². The Balaban J connectivity index is 2.05. The number of pyridine rings is 1. The summed E-state index contributed by atoms with van der Waals surface area (Å²) in [7, 11) is -3.94. The van der Waals surface area contributed by atoms with Crippen molar-refractivity contribution in [3.63, 3.8) is 0 Å². The Kier molecular flexibility index (Phi) is 7.96. The highest BCUT2D eigenvalue weighted by molar-refractivity contribution is 7.91. The number of guanidine groups is 1. The minimum Gasteiger partial charge on any atom is -0.391 e. The van der Waals surface area contributed by atoms with E-state index in [0.29, 0.717) is 11.3 Å². The van der Waals surface area contributed by atoms with Gasteiger partial charge in [-0.25, -0.2) is 12.8 Å². The third kappa shape index (κ3) is 7.62. The smallest absolute Gasteiger partial charge is 0.275 e. The molecular weight excluding hydrogens is 431 g/mol. The van der Waals surface area contributed by atoms with Crippen molar-refractivity contribution in [2.24, 2.45) is 16.6 Å². The molecular formula is C18H23FN6O5S. The van der Waals surface area contributed by atoms with E-state index in [1.54, 1.807) is 6.92 Å². The number of nitrogens with one attached hydrogen (secondary N) is 2. The summed E-state index contributed by atoms with van der Waals surface area (Å²) in [5.41, 5.74) is 10.1. The molecule has 0 fully saturated rings. The predicted octanol–water partition coefficient (Wildman–Crippen LogP) is -0.441. The van der Waals surface area contributed by atoms with E-state index in [4.69, 9.17) is 16.3 Å². The van der Waals surface area contributed by atoms with Crippen LogP contribution in [-0.2, 0) is 32.0 Å². The van der Waals surface area contributed by atoms with Crippen molar-refractivity contribution < 1.29 is 22.4 Å². The van der Waals surface area contributed by atoms with Crippen LogP contribution in [0.25, 0.3) is 0 Å². The maximum Gasteiger partial charge on any atom is 0.275 e. The standard InChI is InChI=1S/C18H23FN6O5S/c1-12-2-7-15(24-31(28,29)11-13-3-5-14(19)6-4-13)17(27)25(12)10-16(26)22-8-9-30-23-18(20)21/h2-7,24H,8-11H2,1H3,(H,22,26)(H4,20,21,23). The lowest BCUT2D eigenvalue weighted by atomic mass is 10.2. The first-order chi connectivity index (χ1) is 14.6. The van der Waals surface area contributed by atoms with Crippen LogP contribution in [0.15, 0.2) is 46.3 Å². The molecule has 1 heterocycles. The number of halogens is 1. The molecule has 1 amide bonds. The zero-order chi connectivity index (χ0) is 23.0. The molecule has 11 nitrogen and oxygen atoms in total. The van der Waals surface area contributed by atoms with Crippen LogP contribution in [0, 0.1) is 12.7 Å². The predicted molar refractivity (Wildman–Crippen MR) is 113 cm³/mol. The summed E-state index contributed by atoms with van der Waals surface area (Å²) in [5, 5.41) is 5.82. The van der Waals surface area contributed by atoms with E-state index in [1.807, 2.05) is 0 Å². The van der Waals surface area contributed by atoms with Crippen molar-refractivity contribution in [2.75, 3.05) is 17.9 Å². The highest BCUT2D eigenvalue weighted by Crippen LogP contribution is 2.11. The molecule has 2 aromatic rings. The van der Waals surface area contributed by atoms with Crippen LogP contribution in [0.5, 0.6) is 0 Å². The second-order valence-electron chi connectivity index (χ2n) is 6.47. The van der Waals surface area contributed by atoms with Gasteiger partial charge in [0.05, 0.1) is 12.3 Å². The van der Waals surface area contributed by atoms with E-state index in [1.165, 1.54) is 24.3 Å². The Morgan fingerprint density at radius 3 is 2.52 bits per heavy atom. The van der Waals surface area contributed by atoms with Crippen molar-refractivity contribution in [3.05, 3.63) is 63.8 Å². The Labute approximate surface area is 177 Å². The summed E-state index contributed by atoms with van der Waals surface area (Å²) in [6.45, 7) is 1.38. The number of carbonyl (C=O) groups is 1. The molecule has 2 rings (SSSR count). The fourth-order valence-corrected chi connectivity index (χ4v) is 3.70. The van der Waals surface area contributed by atoms with Crippen molar-refractivity contribution in [1.82, 2.24) is 9.88 Å². The number of anilines is 1. The fraction of sp³-hybridized carbons (Fsp3) is 0.278. The third-order valence-electron chi connectivity index (χ3n) is 3.92. The minimum absolute atomic E-state index is 0.0146. The van der Waals surface area contributed by atoms with Gasteiger partial charge in [-0.15, -0.1) is 0 Å². The molecule has 6 N–H and O–H groups in total. The van der Waals surface area contributed by atoms with Gasteiger partial charge >= 0.3 is 0 Å². The largest absolute Gasteiger partial charge is 0.391 e. The van der Waals surface area contributed by atoms with E-state index in [-0.39, 0.29) is 31.3 Å². The molecule has 0 atom stereocenters. The van der Waals surface area contributed by atoms with Crippen LogP contribution in [0.4, 0.5) is 10.1 Å². The summed E-state index contributed by atoms with van der Waals surface area (Å²) >= 11 is 0. The first-order valence-electron chi connectivity index (χ1n) is 9.00. The molecule has 0 aliphatic rings. The molecule has 0 saturated heterocycles. The van der Waals surface area contributed by atoms with E-state index < -0.39 is 33.1 Å². The highest BCUT2D eigenvalue weighted by Gasteiger charge is 2.16. The van der Waals surface area contributed by atoms with Gasteiger partial charge in [0.25, 0.3) is 5.56 Å². The average molecular weight is 454 g/mol. The van der Waals surface area contributed by atoms with Crippen LogP contribution in [0.3, 0.4) is 0 Å². The maximum absolute atomic E-state index is 13.0. The van der Waals surface area contributed by atoms with Crippen LogP contribution in [0.2, 0.25) is 0 Å². The number of nitrogens with zero attached hydrogens (tertiary/aromatic N) is 2. The van der Waals surface area contributed by atoms with E-state index in [0.717, 1.165) is 16.7 Å². The number of aromatic nitrogens is 1. The molecule has 1 aromatic carbocycles. The summed E-state index contributed by atoms with van der Waals surface area (Å²) in [6, 6.07) is 7.78. The van der Waals surface area contributed by atoms with Crippen molar-refractivity contribution in [2.45, 2.75) is 19.2 Å². The number of rotatable bonds is 10. The van der Waals surface area contributed by atoms with Crippen LogP contribution in [0.1, 0.15) is 11.3 Å². The Bertz CT molecular complexity index is 1110. The van der Waals surface area contributed by atoms with E-state index in [9.17, 15) is 22.4 Å². The van der Waals surface area contributed by atoms with Crippen molar-refractivity contribution in [1.29, 1.82) is 0 Å². The highest BCUT2D eigenvalue weighted by atomic mass is 32.2. The van der Waals surface area contributed by atoms with Gasteiger partial charge in [-0.3, -0.25) is 14.3 Å². The van der Waals surface area contributed by atoms with Gasteiger partial charge in [0.2, 0.25) is 21.9 Å².